The number of rotatable bonds is 7. The van der Waals surface area contributed by atoms with E-state index in [4.69, 9.17) is 4.74 Å². The molecule has 0 bridgehead atoms. The summed E-state index contributed by atoms with van der Waals surface area (Å²) in [5, 5.41) is 12.7. The van der Waals surface area contributed by atoms with Crippen LogP contribution in [0.15, 0.2) is 48.5 Å². The van der Waals surface area contributed by atoms with Crippen molar-refractivity contribution in [2.45, 2.75) is 31.7 Å². The van der Waals surface area contributed by atoms with Gasteiger partial charge in [0, 0.05) is 30.9 Å². The van der Waals surface area contributed by atoms with Crippen molar-refractivity contribution < 1.29 is 27.8 Å². The van der Waals surface area contributed by atoms with Crippen molar-refractivity contribution in [3.8, 4) is 5.75 Å². The molecule has 5 nitrogen and oxygen atoms in total. The minimum atomic E-state index is -4.42. The Kier molecular flexibility index (Phi) is 6.76. The van der Waals surface area contributed by atoms with Crippen LogP contribution in [0.4, 0.5) is 18.9 Å². The maximum Gasteiger partial charge on any atom is 0.416 e. The maximum atomic E-state index is 12.7. The quantitative estimate of drug-likeness (QED) is 0.726. The van der Waals surface area contributed by atoms with Crippen LogP contribution >= 0.6 is 0 Å². The lowest BCUT2D eigenvalue weighted by atomic mass is 10.1. The monoisotopic (exact) mass is 408 g/mol. The van der Waals surface area contributed by atoms with Gasteiger partial charge in [0.2, 0.25) is 5.91 Å². The van der Waals surface area contributed by atoms with Crippen LogP contribution in [0.3, 0.4) is 0 Å². The molecule has 1 unspecified atom stereocenters. The highest BCUT2D eigenvalue weighted by Gasteiger charge is 2.30. The summed E-state index contributed by atoms with van der Waals surface area (Å²) in [6.45, 7) is 1.59. The largest absolute Gasteiger partial charge is 0.508 e. The van der Waals surface area contributed by atoms with Crippen molar-refractivity contribution in [3.63, 3.8) is 0 Å². The lowest BCUT2D eigenvalue weighted by Crippen LogP contribution is -2.38. The third kappa shape index (κ3) is 6.20. The van der Waals surface area contributed by atoms with E-state index in [2.05, 4.69) is 5.32 Å². The van der Waals surface area contributed by atoms with E-state index in [9.17, 15) is 23.1 Å². The number of phenolic OH excluding ortho intramolecular Hbond substituents is 1. The first kappa shape index (κ1) is 21.1. The van der Waals surface area contributed by atoms with E-state index in [1.165, 1.54) is 12.1 Å². The highest BCUT2D eigenvalue weighted by atomic mass is 19.4. The first-order chi connectivity index (χ1) is 13.8. The Morgan fingerprint density at radius 1 is 1.17 bits per heavy atom. The third-order valence-corrected chi connectivity index (χ3v) is 4.73. The van der Waals surface area contributed by atoms with Gasteiger partial charge in [0.05, 0.1) is 18.2 Å². The standard InChI is InChI=1S/C21H23F3N2O3/c22-21(23,24)16-7-9-17(10-8-16)25-20(28)14-26(13-18-5-3-11-29-18)12-15-4-1-2-6-19(15)27/h1-2,4,6-10,18,27H,3,5,11-14H2,(H,25,28). The predicted octanol–water partition coefficient (Wildman–Crippen LogP) is 4.03. The van der Waals surface area contributed by atoms with Crippen LogP contribution in [0.25, 0.3) is 0 Å². The zero-order valence-corrected chi connectivity index (χ0v) is 15.8. The maximum absolute atomic E-state index is 12.7. The van der Waals surface area contributed by atoms with Crippen LogP contribution in [-0.4, -0.2) is 41.7 Å². The fourth-order valence-corrected chi connectivity index (χ4v) is 3.29. The molecule has 2 aromatic rings. The molecule has 0 aliphatic carbocycles. The van der Waals surface area contributed by atoms with Crippen LogP contribution < -0.4 is 5.32 Å². The summed E-state index contributed by atoms with van der Waals surface area (Å²) < 4.78 is 43.6. The van der Waals surface area contributed by atoms with Crippen molar-refractivity contribution in [2.75, 3.05) is 25.0 Å². The van der Waals surface area contributed by atoms with Gasteiger partial charge in [-0.05, 0) is 43.2 Å². The average molecular weight is 408 g/mol. The molecule has 1 fully saturated rings. The van der Waals surface area contributed by atoms with Gasteiger partial charge in [0.25, 0.3) is 0 Å². The summed E-state index contributed by atoms with van der Waals surface area (Å²) >= 11 is 0. The van der Waals surface area contributed by atoms with E-state index in [0.29, 0.717) is 30.9 Å². The van der Waals surface area contributed by atoms with E-state index in [0.717, 1.165) is 25.0 Å². The molecular formula is C21H23F3N2O3. The van der Waals surface area contributed by atoms with E-state index in [-0.39, 0.29) is 24.3 Å². The van der Waals surface area contributed by atoms with Gasteiger partial charge in [-0.25, -0.2) is 0 Å². The molecule has 1 heterocycles. The number of para-hydroxylation sites is 1. The first-order valence-corrected chi connectivity index (χ1v) is 9.39. The van der Waals surface area contributed by atoms with Gasteiger partial charge in [0.1, 0.15) is 5.75 Å². The lowest BCUT2D eigenvalue weighted by molar-refractivity contribution is -0.137. The van der Waals surface area contributed by atoms with Crippen LogP contribution in [0.2, 0.25) is 0 Å². The fourth-order valence-electron chi connectivity index (χ4n) is 3.29. The van der Waals surface area contributed by atoms with Gasteiger partial charge in [-0.1, -0.05) is 18.2 Å². The molecule has 0 radical (unpaired) electrons. The summed E-state index contributed by atoms with van der Waals surface area (Å²) in [4.78, 5) is 14.3. The van der Waals surface area contributed by atoms with E-state index in [1.54, 1.807) is 18.2 Å². The van der Waals surface area contributed by atoms with Crippen LogP contribution in [0.5, 0.6) is 5.75 Å². The van der Waals surface area contributed by atoms with Crippen molar-refractivity contribution in [1.82, 2.24) is 4.90 Å². The number of hydrogen-bond acceptors (Lipinski definition) is 4. The van der Waals surface area contributed by atoms with Gasteiger partial charge in [-0.2, -0.15) is 13.2 Å². The lowest BCUT2D eigenvalue weighted by Gasteiger charge is -2.25. The Bertz CT molecular complexity index is 819. The Morgan fingerprint density at radius 3 is 2.52 bits per heavy atom. The Balaban J connectivity index is 1.64. The zero-order valence-electron chi connectivity index (χ0n) is 15.8. The summed E-state index contributed by atoms with van der Waals surface area (Å²) in [6.07, 6.45) is -2.54. The normalized spacial score (nSPS) is 16.9. The topological polar surface area (TPSA) is 61.8 Å². The van der Waals surface area contributed by atoms with E-state index < -0.39 is 11.7 Å². The molecule has 1 amide bonds. The molecule has 1 aliphatic rings. The fraction of sp³-hybridized carbons (Fsp3) is 0.381. The number of halogens is 3. The molecule has 1 aliphatic heterocycles. The minimum absolute atomic E-state index is 0.0136. The number of aromatic hydroxyl groups is 1. The Hall–Kier alpha value is -2.58. The molecule has 1 atom stereocenters. The molecule has 156 valence electrons. The highest BCUT2D eigenvalue weighted by Crippen LogP contribution is 2.29. The van der Waals surface area contributed by atoms with Gasteiger partial charge >= 0.3 is 6.18 Å². The number of benzene rings is 2. The number of carbonyl (C=O) groups excluding carboxylic acids is 1. The van der Waals surface area contributed by atoms with Gasteiger partial charge < -0.3 is 15.2 Å². The molecule has 0 spiro atoms. The summed E-state index contributed by atoms with van der Waals surface area (Å²) in [5.41, 5.74) is 0.213. The van der Waals surface area contributed by atoms with Gasteiger partial charge in [-0.3, -0.25) is 9.69 Å². The van der Waals surface area contributed by atoms with Gasteiger partial charge in [0.15, 0.2) is 0 Å². The molecule has 0 saturated carbocycles. The number of phenols is 1. The smallest absolute Gasteiger partial charge is 0.416 e. The SMILES string of the molecule is O=C(CN(Cc1ccccc1O)CC1CCCO1)Nc1ccc(C(F)(F)F)cc1. The third-order valence-electron chi connectivity index (χ3n) is 4.73. The Labute approximate surface area is 167 Å². The predicted molar refractivity (Wildman–Crippen MR) is 102 cm³/mol. The van der Waals surface area contributed by atoms with Crippen molar-refractivity contribution in [1.29, 1.82) is 0 Å². The highest BCUT2D eigenvalue weighted by molar-refractivity contribution is 5.92. The average Bonchev–Trinajstić information content (AvgIpc) is 3.16. The number of anilines is 1. The molecule has 8 heteroatoms. The van der Waals surface area contributed by atoms with E-state index in [1.807, 2.05) is 11.0 Å². The number of alkyl halides is 3. The summed E-state index contributed by atoms with van der Waals surface area (Å²) in [7, 11) is 0. The molecule has 29 heavy (non-hydrogen) atoms. The molecule has 2 N–H and O–H groups in total. The van der Waals surface area contributed by atoms with Crippen LogP contribution in [0, 0.1) is 0 Å². The molecular weight excluding hydrogens is 385 g/mol. The molecule has 0 aromatic heterocycles. The second kappa shape index (κ2) is 9.28. The van der Waals surface area contributed by atoms with Crippen molar-refractivity contribution in [3.05, 3.63) is 59.7 Å². The molecule has 3 rings (SSSR count). The number of ether oxygens (including phenoxy) is 1. The number of nitrogens with zero attached hydrogens (tertiary/aromatic N) is 1. The Morgan fingerprint density at radius 2 is 1.90 bits per heavy atom. The molecule has 1 saturated heterocycles. The van der Waals surface area contributed by atoms with Crippen LogP contribution in [-0.2, 0) is 22.3 Å². The van der Waals surface area contributed by atoms with Crippen molar-refractivity contribution >= 4 is 11.6 Å². The molecule has 2 aromatic carbocycles. The second-order valence-corrected chi connectivity index (χ2v) is 7.06. The number of amides is 1. The van der Waals surface area contributed by atoms with Crippen LogP contribution in [0.1, 0.15) is 24.0 Å². The number of carbonyl (C=O) groups is 1. The van der Waals surface area contributed by atoms with E-state index >= 15 is 0 Å². The first-order valence-electron chi connectivity index (χ1n) is 9.39. The summed E-state index contributed by atoms with van der Waals surface area (Å²) in [6, 6.07) is 11.2. The summed E-state index contributed by atoms with van der Waals surface area (Å²) in [5.74, 6) is -0.203. The van der Waals surface area contributed by atoms with Crippen molar-refractivity contribution in [2.24, 2.45) is 0 Å². The second-order valence-electron chi connectivity index (χ2n) is 7.06. The number of hydrogen-bond donors (Lipinski definition) is 2. The number of nitrogens with one attached hydrogen (secondary N) is 1. The minimum Gasteiger partial charge on any atom is -0.508 e. The zero-order chi connectivity index (χ0) is 20.9. The van der Waals surface area contributed by atoms with Gasteiger partial charge in [-0.15, -0.1) is 0 Å².